The average molecular weight is 157 g/mol. The largest absolute Gasteiger partial charge is 0.244 e. The van der Waals surface area contributed by atoms with E-state index in [1.807, 2.05) is 0 Å². The molecule has 0 amide bonds. The molecule has 2 heterocycles. The Balaban J connectivity index is 2.46. The molecule has 0 N–H and O–H groups in total. The van der Waals surface area contributed by atoms with Crippen LogP contribution in [-0.4, -0.2) is 20.2 Å². The summed E-state index contributed by atoms with van der Waals surface area (Å²) in [6.45, 7) is 0. The molecule has 0 aromatic carbocycles. The van der Waals surface area contributed by atoms with Crippen LogP contribution in [0.5, 0.6) is 0 Å². The summed E-state index contributed by atoms with van der Waals surface area (Å²) in [5.74, 6) is 0. The number of hydrogen-bond donors (Lipinski definition) is 0. The topological polar surface area (TPSA) is 51.6 Å². The highest BCUT2D eigenvalue weighted by molar-refractivity contribution is 5.54. The summed E-state index contributed by atoms with van der Waals surface area (Å²) >= 11 is 0. The zero-order valence-corrected chi connectivity index (χ0v) is 6.18. The van der Waals surface area contributed by atoms with Crippen molar-refractivity contribution in [3.63, 3.8) is 0 Å². The van der Waals surface area contributed by atoms with E-state index < -0.39 is 0 Å². The van der Waals surface area contributed by atoms with Crippen LogP contribution < -0.4 is 0 Å². The number of nitrogens with zero attached hydrogens (tertiary/aromatic N) is 4. The maximum atomic E-state index is 3.86. The highest BCUT2D eigenvalue weighted by atomic mass is 15.1. The Kier molecular flexibility index (Phi) is 1.74. The van der Waals surface area contributed by atoms with E-state index in [1.54, 1.807) is 24.7 Å². The molecule has 0 saturated carbocycles. The van der Waals surface area contributed by atoms with E-state index in [9.17, 15) is 0 Å². The lowest BCUT2D eigenvalue weighted by Gasteiger charge is -1.94. The second-order valence-corrected chi connectivity index (χ2v) is 2.15. The van der Waals surface area contributed by atoms with Gasteiger partial charge in [0.25, 0.3) is 0 Å². The SMILES string of the molecule is [c]1ccnnc1-c1cncnc1. The molecule has 4 heteroatoms. The van der Waals surface area contributed by atoms with Crippen molar-refractivity contribution in [1.82, 2.24) is 20.2 Å². The van der Waals surface area contributed by atoms with Crippen LogP contribution in [0.1, 0.15) is 0 Å². The summed E-state index contributed by atoms with van der Waals surface area (Å²) in [5.41, 5.74) is 1.49. The van der Waals surface area contributed by atoms with Gasteiger partial charge in [-0.2, -0.15) is 5.10 Å². The van der Waals surface area contributed by atoms with Crippen LogP contribution >= 0.6 is 0 Å². The smallest absolute Gasteiger partial charge is 0.115 e. The van der Waals surface area contributed by atoms with Crippen molar-refractivity contribution in [3.05, 3.63) is 37.1 Å². The van der Waals surface area contributed by atoms with E-state index in [2.05, 4.69) is 26.2 Å². The molecule has 4 nitrogen and oxygen atoms in total. The van der Waals surface area contributed by atoms with Crippen molar-refractivity contribution in [2.45, 2.75) is 0 Å². The molecule has 0 spiro atoms. The quantitative estimate of drug-likeness (QED) is 0.612. The van der Waals surface area contributed by atoms with Gasteiger partial charge < -0.3 is 0 Å². The second-order valence-electron chi connectivity index (χ2n) is 2.15. The maximum absolute atomic E-state index is 3.86. The van der Waals surface area contributed by atoms with Gasteiger partial charge >= 0.3 is 0 Å². The van der Waals surface area contributed by atoms with Crippen LogP contribution in [0.3, 0.4) is 0 Å². The highest BCUT2D eigenvalue weighted by Gasteiger charge is 1.97. The Hall–Kier alpha value is -1.84. The number of rotatable bonds is 1. The fourth-order valence-electron chi connectivity index (χ4n) is 0.832. The molecule has 2 aromatic rings. The van der Waals surface area contributed by atoms with Crippen molar-refractivity contribution >= 4 is 0 Å². The fourth-order valence-corrected chi connectivity index (χ4v) is 0.832. The molecule has 1 radical (unpaired) electrons. The highest BCUT2D eigenvalue weighted by Crippen LogP contribution is 2.10. The van der Waals surface area contributed by atoms with Crippen molar-refractivity contribution < 1.29 is 0 Å². The van der Waals surface area contributed by atoms with Gasteiger partial charge in [0.1, 0.15) is 12.0 Å². The van der Waals surface area contributed by atoms with Gasteiger partial charge in [-0.3, -0.25) is 0 Å². The van der Waals surface area contributed by atoms with Gasteiger partial charge in [0.15, 0.2) is 0 Å². The summed E-state index contributed by atoms with van der Waals surface area (Å²) in [4.78, 5) is 7.72. The molecule has 0 saturated heterocycles. The third kappa shape index (κ3) is 1.27. The first-order chi connectivity index (χ1) is 5.97. The number of aromatic nitrogens is 4. The van der Waals surface area contributed by atoms with Crippen LogP contribution in [0.25, 0.3) is 11.3 Å². The van der Waals surface area contributed by atoms with E-state index in [4.69, 9.17) is 0 Å². The van der Waals surface area contributed by atoms with Gasteiger partial charge in [0, 0.05) is 24.0 Å². The van der Waals surface area contributed by atoms with Crippen molar-refractivity contribution in [2.24, 2.45) is 0 Å². The van der Waals surface area contributed by atoms with Gasteiger partial charge in [0.2, 0.25) is 0 Å². The Morgan fingerprint density at radius 3 is 2.67 bits per heavy atom. The van der Waals surface area contributed by atoms with Gasteiger partial charge in [0.05, 0.1) is 6.20 Å². The molecule has 12 heavy (non-hydrogen) atoms. The van der Waals surface area contributed by atoms with Crippen molar-refractivity contribution in [1.29, 1.82) is 0 Å². The average Bonchev–Trinajstić information content (AvgIpc) is 2.21. The monoisotopic (exact) mass is 157 g/mol. The predicted octanol–water partition coefficient (Wildman–Crippen LogP) is 0.734. The van der Waals surface area contributed by atoms with Crippen LogP contribution in [0, 0.1) is 6.07 Å². The molecule has 0 bridgehead atoms. The van der Waals surface area contributed by atoms with Crippen LogP contribution in [0.15, 0.2) is 31.0 Å². The molecule has 0 aliphatic rings. The molecule has 0 fully saturated rings. The zero-order chi connectivity index (χ0) is 8.23. The Morgan fingerprint density at radius 2 is 2.00 bits per heavy atom. The normalized spacial score (nSPS) is 9.67. The van der Waals surface area contributed by atoms with E-state index >= 15 is 0 Å². The molecule has 0 aliphatic carbocycles. The molecule has 0 aliphatic heterocycles. The lowest BCUT2D eigenvalue weighted by Crippen LogP contribution is -1.87. The van der Waals surface area contributed by atoms with Crippen LogP contribution in [0.2, 0.25) is 0 Å². The molecular formula is C8H5N4. The molecule has 57 valence electrons. The first-order valence-corrected chi connectivity index (χ1v) is 3.41. The second kappa shape index (κ2) is 3.04. The summed E-state index contributed by atoms with van der Waals surface area (Å²) in [7, 11) is 0. The Morgan fingerprint density at radius 1 is 1.17 bits per heavy atom. The standard InChI is InChI=1S/C8H5N4/c1-2-8(12-11-3-1)7-4-9-6-10-5-7/h1,3-6H. The fraction of sp³-hybridized carbons (Fsp3) is 0. The first kappa shape index (κ1) is 6.84. The summed E-state index contributed by atoms with van der Waals surface area (Å²) in [6.07, 6.45) is 6.40. The third-order valence-electron chi connectivity index (χ3n) is 1.35. The van der Waals surface area contributed by atoms with Crippen LogP contribution in [0.4, 0.5) is 0 Å². The van der Waals surface area contributed by atoms with Gasteiger partial charge in [-0.1, -0.05) is 0 Å². The molecule has 0 unspecified atom stereocenters. The van der Waals surface area contributed by atoms with E-state index in [0.29, 0.717) is 5.69 Å². The number of hydrogen-bond acceptors (Lipinski definition) is 4. The Labute approximate surface area is 69.3 Å². The minimum absolute atomic E-state index is 0.665. The van der Waals surface area contributed by atoms with Crippen LogP contribution in [-0.2, 0) is 0 Å². The van der Waals surface area contributed by atoms with E-state index in [-0.39, 0.29) is 0 Å². The lowest BCUT2D eigenvalue weighted by molar-refractivity contribution is 1.03. The molecule has 2 rings (SSSR count). The predicted molar refractivity (Wildman–Crippen MR) is 41.9 cm³/mol. The third-order valence-corrected chi connectivity index (χ3v) is 1.35. The van der Waals surface area contributed by atoms with Gasteiger partial charge in [-0.15, -0.1) is 5.10 Å². The summed E-state index contributed by atoms with van der Waals surface area (Å²) in [5, 5.41) is 7.59. The minimum atomic E-state index is 0.665. The summed E-state index contributed by atoms with van der Waals surface area (Å²) in [6, 6.07) is 4.63. The van der Waals surface area contributed by atoms with Crippen molar-refractivity contribution in [2.75, 3.05) is 0 Å². The van der Waals surface area contributed by atoms with E-state index in [0.717, 1.165) is 5.56 Å². The van der Waals surface area contributed by atoms with Gasteiger partial charge in [-0.25, -0.2) is 9.97 Å². The Bertz CT molecular complexity index is 308. The zero-order valence-electron chi connectivity index (χ0n) is 6.18. The van der Waals surface area contributed by atoms with Crippen molar-refractivity contribution in [3.8, 4) is 11.3 Å². The van der Waals surface area contributed by atoms with E-state index in [1.165, 1.54) is 6.33 Å². The lowest BCUT2D eigenvalue weighted by atomic mass is 10.2. The first-order valence-electron chi connectivity index (χ1n) is 3.41. The molecular weight excluding hydrogens is 152 g/mol. The molecule has 0 atom stereocenters. The summed E-state index contributed by atoms with van der Waals surface area (Å²) < 4.78 is 0. The molecule has 2 aromatic heterocycles. The van der Waals surface area contributed by atoms with Gasteiger partial charge in [-0.05, 0) is 6.07 Å². The maximum Gasteiger partial charge on any atom is 0.115 e. The minimum Gasteiger partial charge on any atom is -0.244 e.